The van der Waals surface area contributed by atoms with E-state index in [0.717, 1.165) is 25.1 Å². The van der Waals surface area contributed by atoms with Gasteiger partial charge in [0.15, 0.2) is 29.6 Å². The number of carbonyl (C=O) groups excluding carboxylic acids is 2. The third-order valence-corrected chi connectivity index (χ3v) is 8.42. The minimum Gasteiger partial charge on any atom is -0.476 e. The molecule has 1 atom stereocenters. The van der Waals surface area contributed by atoms with E-state index in [9.17, 15) is 14.0 Å². The van der Waals surface area contributed by atoms with Crippen LogP contribution in [0, 0.1) is 30.0 Å². The minimum atomic E-state index is -0.760. The summed E-state index contributed by atoms with van der Waals surface area (Å²) in [5.74, 6) is -0.252. The average Bonchev–Trinajstić information content (AvgIpc) is 3.73. The van der Waals surface area contributed by atoms with E-state index in [4.69, 9.17) is 21.6 Å². The number of carbonyl (C=O) groups is 2. The summed E-state index contributed by atoms with van der Waals surface area (Å²) in [5, 5.41) is 15.1. The lowest BCUT2D eigenvalue weighted by atomic mass is 10.0. The van der Waals surface area contributed by atoms with Crippen molar-refractivity contribution in [2.24, 2.45) is 5.92 Å². The predicted molar refractivity (Wildman–Crippen MR) is 162 cm³/mol. The standard InChI is InChI=1S/C31H30ClFN8O3/c1-19-16-21(2-3-22(19)31(43)40-13-11-39(12-14-40)30(42)20-6-8-35-17-20)38-28-29-37-18-24(41(29)10-9-36-28)23-4-5-25(44-15-7-34)27(33)26(23)32/h2-5,9-10,16,18,20,35H,6,8,11-15,17H2,1H3,(H,36,38)/t20-/m1/s1. The first-order chi connectivity index (χ1) is 21.4. The number of amides is 2. The third kappa shape index (κ3) is 5.64. The van der Waals surface area contributed by atoms with Crippen molar-refractivity contribution in [3.8, 4) is 23.1 Å². The molecular formula is C31H30ClFN8O3. The van der Waals surface area contributed by atoms with E-state index < -0.39 is 5.82 Å². The molecule has 4 aromatic rings. The Morgan fingerprint density at radius 2 is 1.98 bits per heavy atom. The first-order valence-corrected chi connectivity index (χ1v) is 14.7. The SMILES string of the molecule is Cc1cc(Nc2nccn3c(-c4ccc(OCC#N)c(F)c4Cl)cnc23)ccc1C(=O)N1CCN(C(=O)[C@@H]2CCNC2)CC1. The Balaban J connectivity index is 1.16. The fourth-order valence-corrected chi connectivity index (χ4v) is 5.95. The molecule has 0 spiro atoms. The van der Waals surface area contributed by atoms with Gasteiger partial charge in [-0.1, -0.05) is 11.6 Å². The average molecular weight is 617 g/mol. The smallest absolute Gasteiger partial charge is 0.254 e. The fourth-order valence-electron chi connectivity index (χ4n) is 5.70. The molecule has 44 heavy (non-hydrogen) atoms. The highest BCUT2D eigenvalue weighted by molar-refractivity contribution is 6.33. The summed E-state index contributed by atoms with van der Waals surface area (Å²) in [6, 6.07) is 10.3. The molecule has 0 radical (unpaired) electrons. The molecule has 0 unspecified atom stereocenters. The molecule has 0 aliphatic carbocycles. The number of nitrogens with zero attached hydrogens (tertiary/aromatic N) is 6. The lowest BCUT2D eigenvalue weighted by Crippen LogP contribution is -2.52. The maximum Gasteiger partial charge on any atom is 0.254 e. The molecule has 13 heteroatoms. The summed E-state index contributed by atoms with van der Waals surface area (Å²) in [5.41, 5.74) is 3.55. The van der Waals surface area contributed by atoms with Crippen LogP contribution in [0.3, 0.4) is 0 Å². The van der Waals surface area contributed by atoms with Gasteiger partial charge in [-0.2, -0.15) is 5.26 Å². The van der Waals surface area contributed by atoms with Crippen LogP contribution in [0.5, 0.6) is 5.75 Å². The Morgan fingerprint density at radius 3 is 2.70 bits per heavy atom. The van der Waals surface area contributed by atoms with Gasteiger partial charge in [0.2, 0.25) is 5.91 Å². The van der Waals surface area contributed by atoms with Crippen molar-refractivity contribution in [2.75, 3.05) is 51.2 Å². The van der Waals surface area contributed by atoms with Gasteiger partial charge in [0.1, 0.15) is 6.07 Å². The normalized spacial score (nSPS) is 16.6. The Labute approximate surface area is 258 Å². The van der Waals surface area contributed by atoms with Crippen molar-refractivity contribution in [1.82, 2.24) is 29.5 Å². The van der Waals surface area contributed by atoms with Gasteiger partial charge >= 0.3 is 0 Å². The maximum absolute atomic E-state index is 14.8. The Morgan fingerprint density at radius 1 is 1.18 bits per heavy atom. The summed E-state index contributed by atoms with van der Waals surface area (Å²) in [7, 11) is 0. The van der Waals surface area contributed by atoms with Crippen LogP contribution in [0.1, 0.15) is 22.3 Å². The van der Waals surface area contributed by atoms with Crippen LogP contribution >= 0.6 is 11.6 Å². The number of aromatic nitrogens is 3. The van der Waals surface area contributed by atoms with Crippen LogP contribution in [0.25, 0.3) is 16.9 Å². The Hall–Kier alpha value is -4.73. The zero-order valence-corrected chi connectivity index (χ0v) is 24.8. The maximum atomic E-state index is 14.8. The first kappa shape index (κ1) is 29.3. The molecule has 11 nitrogen and oxygen atoms in total. The van der Waals surface area contributed by atoms with Crippen LogP contribution in [-0.2, 0) is 4.79 Å². The van der Waals surface area contributed by atoms with Gasteiger partial charge in [0, 0.05) is 61.9 Å². The number of hydrogen-bond donors (Lipinski definition) is 2. The number of rotatable bonds is 7. The van der Waals surface area contributed by atoms with Gasteiger partial charge in [-0.15, -0.1) is 0 Å². The third-order valence-electron chi connectivity index (χ3n) is 8.05. The molecule has 0 saturated carbocycles. The summed E-state index contributed by atoms with van der Waals surface area (Å²) in [4.78, 5) is 38.7. The second kappa shape index (κ2) is 12.5. The van der Waals surface area contributed by atoms with Crippen molar-refractivity contribution in [3.05, 3.63) is 70.9 Å². The van der Waals surface area contributed by atoms with Gasteiger partial charge in [-0.3, -0.25) is 14.0 Å². The van der Waals surface area contributed by atoms with E-state index in [2.05, 4.69) is 20.6 Å². The monoisotopic (exact) mass is 616 g/mol. The number of imidazole rings is 1. The van der Waals surface area contributed by atoms with E-state index in [0.29, 0.717) is 60.2 Å². The van der Waals surface area contributed by atoms with Crippen LogP contribution in [0.2, 0.25) is 5.02 Å². The van der Waals surface area contributed by atoms with Gasteiger partial charge in [-0.05, 0) is 55.8 Å². The van der Waals surface area contributed by atoms with E-state index in [1.165, 1.54) is 6.07 Å². The molecule has 2 amide bonds. The van der Waals surface area contributed by atoms with Gasteiger partial charge in [0.05, 0.1) is 22.8 Å². The molecule has 2 aromatic heterocycles. The van der Waals surface area contributed by atoms with E-state index in [-0.39, 0.29) is 35.1 Å². The number of benzene rings is 2. The molecule has 2 N–H and O–H groups in total. The van der Waals surface area contributed by atoms with Gasteiger partial charge < -0.3 is 25.2 Å². The number of nitrogens with one attached hydrogen (secondary N) is 2. The molecule has 6 rings (SSSR count). The van der Waals surface area contributed by atoms with Crippen molar-refractivity contribution < 1.29 is 18.7 Å². The summed E-state index contributed by atoms with van der Waals surface area (Å²) >= 11 is 6.34. The molecule has 226 valence electrons. The molecule has 2 fully saturated rings. The van der Waals surface area contributed by atoms with Crippen molar-refractivity contribution in [3.63, 3.8) is 0 Å². The number of hydrogen-bond acceptors (Lipinski definition) is 8. The number of anilines is 2. The highest BCUT2D eigenvalue weighted by Crippen LogP contribution is 2.36. The predicted octanol–water partition coefficient (Wildman–Crippen LogP) is 4.04. The number of ether oxygens (including phenoxy) is 1. The highest BCUT2D eigenvalue weighted by Gasteiger charge is 2.31. The summed E-state index contributed by atoms with van der Waals surface area (Å²) < 4.78 is 21.7. The highest BCUT2D eigenvalue weighted by atomic mass is 35.5. The Bertz CT molecular complexity index is 1770. The van der Waals surface area contributed by atoms with E-state index in [1.807, 2.05) is 24.0 Å². The van der Waals surface area contributed by atoms with Crippen LogP contribution < -0.4 is 15.4 Å². The number of piperazine rings is 1. The van der Waals surface area contributed by atoms with Crippen molar-refractivity contribution >= 4 is 40.6 Å². The van der Waals surface area contributed by atoms with Gasteiger partial charge in [0.25, 0.3) is 5.91 Å². The molecular weight excluding hydrogens is 587 g/mol. The van der Waals surface area contributed by atoms with Crippen LogP contribution in [0.15, 0.2) is 48.9 Å². The number of halogens is 2. The van der Waals surface area contributed by atoms with E-state index in [1.54, 1.807) is 46.1 Å². The molecule has 2 saturated heterocycles. The molecule has 2 aromatic carbocycles. The quantitative estimate of drug-likeness (QED) is 0.319. The molecule has 4 heterocycles. The number of nitriles is 1. The van der Waals surface area contributed by atoms with Crippen LogP contribution in [0.4, 0.5) is 15.9 Å². The largest absolute Gasteiger partial charge is 0.476 e. The lowest BCUT2D eigenvalue weighted by molar-refractivity contribution is -0.136. The minimum absolute atomic E-state index is 0.0386. The Kier molecular flexibility index (Phi) is 8.32. The summed E-state index contributed by atoms with van der Waals surface area (Å²) in [6.45, 7) is 5.27. The fraction of sp³-hybridized carbons (Fsp3) is 0.323. The van der Waals surface area contributed by atoms with Crippen molar-refractivity contribution in [2.45, 2.75) is 13.3 Å². The van der Waals surface area contributed by atoms with Gasteiger partial charge in [-0.25, -0.2) is 14.4 Å². The molecule has 2 aliphatic rings. The second-order valence-corrected chi connectivity index (χ2v) is 11.1. The van der Waals surface area contributed by atoms with Crippen LogP contribution in [-0.4, -0.2) is 81.9 Å². The zero-order chi connectivity index (χ0) is 30.8. The first-order valence-electron chi connectivity index (χ1n) is 14.3. The number of aryl methyl sites for hydroxylation is 1. The topological polar surface area (TPSA) is 128 Å². The second-order valence-electron chi connectivity index (χ2n) is 10.8. The zero-order valence-electron chi connectivity index (χ0n) is 24.0. The van der Waals surface area contributed by atoms with Crippen molar-refractivity contribution in [1.29, 1.82) is 5.26 Å². The lowest BCUT2D eigenvalue weighted by Gasteiger charge is -2.36. The summed E-state index contributed by atoms with van der Waals surface area (Å²) in [6.07, 6.45) is 5.73. The molecule has 2 aliphatic heterocycles. The van der Waals surface area contributed by atoms with E-state index >= 15 is 0 Å². The molecule has 0 bridgehead atoms. The number of fused-ring (bicyclic) bond motifs is 1.